The van der Waals surface area contributed by atoms with Crippen LogP contribution in [-0.2, 0) is 4.74 Å². The second-order valence-corrected chi connectivity index (χ2v) is 6.29. The lowest BCUT2D eigenvalue weighted by molar-refractivity contribution is 0.173. The molecule has 6 nitrogen and oxygen atoms in total. The molecule has 1 aromatic heterocycles. The fourth-order valence-corrected chi connectivity index (χ4v) is 3.73. The Kier molecular flexibility index (Phi) is 3.92. The van der Waals surface area contributed by atoms with Gasteiger partial charge in [-0.2, -0.15) is 15.4 Å². The number of aryl methyl sites for hydroxylation is 1. The number of aromatic nitrogens is 1. The average molecular weight is 304 g/mol. The third-order valence-corrected chi connectivity index (χ3v) is 5.03. The third kappa shape index (κ3) is 2.14. The molecule has 0 amide bonds. The highest BCUT2D eigenvalue weighted by molar-refractivity contribution is 6.05. The Morgan fingerprint density at radius 3 is 2.59 bits per heavy atom. The van der Waals surface area contributed by atoms with Crippen LogP contribution in [0.15, 0.2) is 4.99 Å². The molecule has 120 valence electrons. The van der Waals surface area contributed by atoms with Gasteiger partial charge in [0, 0.05) is 30.7 Å². The Morgan fingerprint density at radius 1 is 1.27 bits per heavy atom. The molecule has 1 aliphatic carbocycles. The Morgan fingerprint density at radius 2 is 1.95 bits per heavy atom. The van der Waals surface area contributed by atoms with Gasteiger partial charge in [-0.3, -0.25) is 0 Å². The maximum Gasteiger partial charge on any atom is 0.254 e. The van der Waals surface area contributed by atoms with Crippen molar-refractivity contribution in [2.24, 2.45) is 10.8 Å². The standard InChI is InChI=1S/C16H26N5O/c1-4-22-9-13-20-14-15(10(2)11(3)19-16(14)17)21(13,18)12-7-5-6-8-12/h12H,4-9,18H2,1-3H3,(H2,17,19)/q+1. The topological polar surface area (TPSA) is 86.5 Å². The monoisotopic (exact) mass is 304 g/mol. The summed E-state index contributed by atoms with van der Waals surface area (Å²) in [6.45, 7) is 7.11. The number of nitrogen functional groups attached to an aromatic ring is 1. The number of amidine groups is 1. The van der Waals surface area contributed by atoms with E-state index < -0.39 is 0 Å². The first kappa shape index (κ1) is 15.4. The van der Waals surface area contributed by atoms with Gasteiger partial charge in [-0.05, 0) is 33.6 Å². The number of hydrogen-bond donors (Lipinski definition) is 2. The Hall–Kier alpha value is -1.50. The van der Waals surface area contributed by atoms with E-state index in [0.29, 0.717) is 25.1 Å². The van der Waals surface area contributed by atoms with Crippen LogP contribution in [-0.4, -0.2) is 30.1 Å². The van der Waals surface area contributed by atoms with Crippen LogP contribution in [0.3, 0.4) is 0 Å². The fraction of sp³-hybridized carbons (Fsp3) is 0.625. The quantitative estimate of drug-likeness (QED) is 0.661. The molecule has 4 N–H and O–H groups in total. The molecular weight excluding hydrogens is 278 g/mol. The summed E-state index contributed by atoms with van der Waals surface area (Å²) in [5.41, 5.74) is 9.91. The van der Waals surface area contributed by atoms with Gasteiger partial charge in [0.15, 0.2) is 17.2 Å². The molecule has 3 rings (SSSR count). The lowest BCUT2D eigenvalue weighted by atomic mass is 10.1. The first-order chi connectivity index (χ1) is 10.5. The van der Waals surface area contributed by atoms with Crippen LogP contribution < -0.4 is 16.2 Å². The highest BCUT2D eigenvalue weighted by Crippen LogP contribution is 2.48. The predicted molar refractivity (Wildman–Crippen MR) is 89.9 cm³/mol. The second kappa shape index (κ2) is 5.61. The van der Waals surface area contributed by atoms with Crippen molar-refractivity contribution in [3.05, 3.63) is 11.3 Å². The molecule has 1 saturated carbocycles. The van der Waals surface area contributed by atoms with Crippen molar-refractivity contribution in [1.29, 1.82) is 0 Å². The Balaban J connectivity index is 2.15. The van der Waals surface area contributed by atoms with Crippen LogP contribution in [0.4, 0.5) is 17.2 Å². The molecule has 1 aliphatic heterocycles. The second-order valence-electron chi connectivity index (χ2n) is 6.29. The molecule has 1 atom stereocenters. The molecule has 6 heteroatoms. The minimum Gasteiger partial charge on any atom is -0.382 e. The summed E-state index contributed by atoms with van der Waals surface area (Å²) in [5.74, 6) is 8.26. The molecule has 0 saturated heterocycles. The number of nitrogens with zero attached hydrogens (tertiary/aromatic N) is 3. The summed E-state index contributed by atoms with van der Waals surface area (Å²) in [6, 6.07) is 0.348. The van der Waals surface area contributed by atoms with E-state index in [0.717, 1.165) is 41.3 Å². The number of fused-ring (bicyclic) bond motifs is 1. The maximum absolute atomic E-state index is 6.94. The van der Waals surface area contributed by atoms with Gasteiger partial charge in [-0.25, -0.2) is 4.98 Å². The molecule has 0 bridgehead atoms. The molecule has 0 aromatic carbocycles. The Bertz CT molecular complexity index is 621. The highest BCUT2D eigenvalue weighted by Gasteiger charge is 2.50. The number of ether oxygens (including phenoxy) is 1. The molecule has 2 aliphatic rings. The minimum atomic E-state index is 0.259. The molecule has 0 spiro atoms. The number of quaternary nitrogens is 1. The number of aliphatic imine (C=N–C) groups is 1. The summed E-state index contributed by atoms with van der Waals surface area (Å²) >= 11 is 0. The fourth-order valence-electron chi connectivity index (χ4n) is 3.73. The van der Waals surface area contributed by atoms with Crippen LogP contribution in [0.1, 0.15) is 43.9 Å². The number of hydrogen-bond acceptors (Lipinski definition) is 5. The van der Waals surface area contributed by atoms with Gasteiger partial charge >= 0.3 is 0 Å². The van der Waals surface area contributed by atoms with Crippen molar-refractivity contribution < 1.29 is 4.74 Å². The van der Waals surface area contributed by atoms with E-state index >= 15 is 0 Å². The smallest absolute Gasteiger partial charge is 0.254 e. The minimum absolute atomic E-state index is 0.259. The van der Waals surface area contributed by atoms with E-state index in [2.05, 4.69) is 11.9 Å². The molecule has 22 heavy (non-hydrogen) atoms. The molecule has 0 radical (unpaired) electrons. The van der Waals surface area contributed by atoms with Gasteiger partial charge in [0.05, 0.1) is 0 Å². The van der Waals surface area contributed by atoms with Crippen molar-refractivity contribution in [2.45, 2.75) is 52.5 Å². The van der Waals surface area contributed by atoms with Crippen molar-refractivity contribution in [3.63, 3.8) is 0 Å². The number of anilines is 1. The van der Waals surface area contributed by atoms with Crippen molar-refractivity contribution >= 4 is 23.0 Å². The van der Waals surface area contributed by atoms with Crippen molar-refractivity contribution in [2.75, 3.05) is 18.9 Å². The maximum atomic E-state index is 6.94. The van der Waals surface area contributed by atoms with E-state index in [9.17, 15) is 0 Å². The lowest BCUT2D eigenvalue weighted by Crippen LogP contribution is -2.65. The number of rotatable bonds is 4. The van der Waals surface area contributed by atoms with Crippen LogP contribution in [0.5, 0.6) is 0 Å². The lowest BCUT2D eigenvalue weighted by Gasteiger charge is -2.35. The van der Waals surface area contributed by atoms with Gasteiger partial charge in [0.1, 0.15) is 12.6 Å². The molecular formula is C16H26N5O+. The summed E-state index contributed by atoms with van der Waals surface area (Å²) in [5, 5.41) is 0. The zero-order valence-corrected chi connectivity index (χ0v) is 13.7. The third-order valence-electron chi connectivity index (χ3n) is 5.03. The van der Waals surface area contributed by atoms with Gasteiger partial charge in [-0.1, -0.05) is 0 Å². The SMILES string of the molecule is CCOCC1=Nc2c(N)nc(C)c(C)c2[N+]1(N)C1CCCC1. The summed E-state index contributed by atoms with van der Waals surface area (Å²) in [4.78, 5) is 9.16. The summed E-state index contributed by atoms with van der Waals surface area (Å²) in [6.07, 6.45) is 4.67. The predicted octanol–water partition coefficient (Wildman–Crippen LogP) is 2.48. The van der Waals surface area contributed by atoms with E-state index in [1.807, 2.05) is 13.8 Å². The first-order valence-electron chi connectivity index (χ1n) is 8.10. The average Bonchev–Trinajstić information content (AvgIpc) is 3.10. The normalized spacial score (nSPS) is 24.6. The highest BCUT2D eigenvalue weighted by atomic mass is 16.5. The number of pyridine rings is 1. The van der Waals surface area contributed by atoms with Gasteiger partial charge in [-0.15, -0.1) is 0 Å². The molecule has 1 unspecified atom stereocenters. The summed E-state index contributed by atoms with van der Waals surface area (Å²) < 4.78 is 5.88. The van der Waals surface area contributed by atoms with Crippen molar-refractivity contribution in [1.82, 2.24) is 9.58 Å². The van der Waals surface area contributed by atoms with E-state index in [1.54, 1.807) is 0 Å². The zero-order valence-electron chi connectivity index (χ0n) is 13.7. The largest absolute Gasteiger partial charge is 0.382 e. The van der Waals surface area contributed by atoms with E-state index in [1.165, 1.54) is 12.8 Å². The summed E-state index contributed by atoms with van der Waals surface area (Å²) in [7, 11) is 0. The van der Waals surface area contributed by atoms with Crippen LogP contribution in [0.25, 0.3) is 0 Å². The van der Waals surface area contributed by atoms with Crippen LogP contribution in [0.2, 0.25) is 0 Å². The first-order valence-corrected chi connectivity index (χ1v) is 8.10. The van der Waals surface area contributed by atoms with Gasteiger partial charge in [0.2, 0.25) is 0 Å². The molecule has 1 aromatic rings. The van der Waals surface area contributed by atoms with Crippen LogP contribution in [0, 0.1) is 13.8 Å². The van der Waals surface area contributed by atoms with Gasteiger partial charge in [0.25, 0.3) is 5.84 Å². The molecule has 1 fully saturated rings. The van der Waals surface area contributed by atoms with E-state index in [4.69, 9.17) is 21.3 Å². The van der Waals surface area contributed by atoms with E-state index in [-0.39, 0.29) is 4.59 Å². The molecule has 2 heterocycles. The Labute approximate surface area is 131 Å². The van der Waals surface area contributed by atoms with Gasteiger partial charge < -0.3 is 10.5 Å². The van der Waals surface area contributed by atoms with Crippen molar-refractivity contribution in [3.8, 4) is 0 Å². The zero-order chi connectivity index (χ0) is 15.9. The number of nitrogens with two attached hydrogens (primary N) is 2. The van der Waals surface area contributed by atoms with Crippen LogP contribution >= 0.6 is 0 Å².